The molecule has 0 aromatic carbocycles. The van der Waals surface area contributed by atoms with Crippen LogP contribution in [0.15, 0.2) is 0 Å². The van der Waals surface area contributed by atoms with Gasteiger partial charge in [0, 0.05) is 6.54 Å². The maximum atomic E-state index is 11.8. The molecule has 5 nitrogen and oxygen atoms in total. The van der Waals surface area contributed by atoms with Gasteiger partial charge in [0.1, 0.15) is 0 Å². The van der Waals surface area contributed by atoms with Crippen LogP contribution in [0.2, 0.25) is 0 Å². The second kappa shape index (κ2) is 6.73. The van der Waals surface area contributed by atoms with E-state index < -0.39 is 0 Å². The first-order chi connectivity index (χ1) is 8.45. The van der Waals surface area contributed by atoms with Gasteiger partial charge in [-0.1, -0.05) is 6.92 Å². The molecule has 0 radical (unpaired) electrons. The van der Waals surface area contributed by atoms with Crippen molar-refractivity contribution < 1.29 is 14.1 Å². The van der Waals surface area contributed by atoms with Gasteiger partial charge in [-0.3, -0.25) is 10.1 Å². The third kappa shape index (κ3) is 4.64. The van der Waals surface area contributed by atoms with E-state index in [0.29, 0.717) is 23.6 Å². The fraction of sp³-hybridized carbons (Fsp3) is 0.846. The van der Waals surface area contributed by atoms with Crippen molar-refractivity contribution >= 4 is 11.9 Å². The molecule has 5 heteroatoms. The van der Waals surface area contributed by atoms with E-state index in [0.717, 1.165) is 6.42 Å². The number of imide groups is 1. The molecule has 0 unspecified atom stereocenters. The van der Waals surface area contributed by atoms with Gasteiger partial charge in [0.25, 0.3) is 5.91 Å². The summed E-state index contributed by atoms with van der Waals surface area (Å²) in [6, 6.07) is 0.169. The lowest BCUT2D eigenvalue weighted by Crippen LogP contribution is -2.54. The molecular formula is C13H26N3O2+. The van der Waals surface area contributed by atoms with Gasteiger partial charge >= 0.3 is 6.03 Å². The van der Waals surface area contributed by atoms with Crippen molar-refractivity contribution in [2.24, 2.45) is 0 Å². The summed E-state index contributed by atoms with van der Waals surface area (Å²) in [5.74, 6) is -0.194. The van der Waals surface area contributed by atoms with Crippen LogP contribution in [0.1, 0.15) is 39.0 Å². The van der Waals surface area contributed by atoms with Gasteiger partial charge in [-0.05, 0) is 32.1 Å². The Morgan fingerprint density at radius 1 is 1.22 bits per heavy atom. The van der Waals surface area contributed by atoms with E-state index in [1.165, 1.54) is 25.7 Å². The van der Waals surface area contributed by atoms with Gasteiger partial charge < -0.3 is 9.80 Å². The largest absolute Gasteiger partial charge is 0.338 e. The number of nitrogens with one attached hydrogen (secondary N) is 2. The van der Waals surface area contributed by atoms with E-state index in [4.69, 9.17) is 0 Å². The molecule has 0 bridgehead atoms. The lowest BCUT2D eigenvalue weighted by atomic mass is 10.2. The number of rotatable bonds is 5. The number of nitrogens with zero attached hydrogens (tertiary/aromatic N) is 1. The van der Waals surface area contributed by atoms with Crippen LogP contribution < -0.4 is 10.6 Å². The number of urea groups is 1. The summed E-state index contributed by atoms with van der Waals surface area (Å²) in [6.07, 6.45) is 5.74. The Hall–Kier alpha value is -1.10. The van der Waals surface area contributed by atoms with E-state index in [1.54, 1.807) is 0 Å². The molecule has 3 amide bonds. The predicted molar refractivity (Wildman–Crippen MR) is 71.1 cm³/mol. The number of hydrogen-bond acceptors (Lipinski definition) is 2. The first-order valence-corrected chi connectivity index (χ1v) is 6.86. The Balaban J connectivity index is 2.36. The Morgan fingerprint density at radius 2 is 1.83 bits per heavy atom. The molecule has 1 rings (SSSR count). The molecule has 1 aliphatic carbocycles. The highest BCUT2D eigenvalue weighted by atomic mass is 16.2. The predicted octanol–water partition coefficient (Wildman–Crippen LogP) is 1.24. The molecule has 2 N–H and O–H groups in total. The molecule has 18 heavy (non-hydrogen) atoms. The maximum Gasteiger partial charge on any atom is 0.321 e. The number of amides is 3. The van der Waals surface area contributed by atoms with Gasteiger partial charge in [-0.2, -0.15) is 0 Å². The molecule has 104 valence electrons. The quantitative estimate of drug-likeness (QED) is 0.727. The molecule has 1 fully saturated rings. The first kappa shape index (κ1) is 15.0. The average Bonchev–Trinajstić information content (AvgIpc) is 2.79. The van der Waals surface area contributed by atoms with Gasteiger partial charge in [-0.15, -0.1) is 0 Å². The third-order valence-electron chi connectivity index (χ3n) is 3.65. The standard InChI is InChI=1S/C13H25N3O2/c1-4-9-14-13(18)15-12(17)10-16(2,3)11-7-5-6-8-11/h11H,4-10H2,1-3H3,(H-,14,15,17,18)/p+1. The number of hydrogen-bond donors (Lipinski definition) is 2. The normalized spacial score (nSPS) is 16.6. The lowest BCUT2D eigenvalue weighted by Gasteiger charge is -2.35. The summed E-state index contributed by atoms with van der Waals surface area (Å²) in [6.45, 7) is 2.94. The van der Waals surface area contributed by atoms with Gasteiger partial charge in [0.15, 0.2) is 6.54 Å². The van der Waals surface area contributed by atoms with Crippen LogP contribution in [0, 0.1) is 0 Å². The van der Waals surface area contributed by atoms with E-state index in [2.05, 4.69) is 24.7 Å². The van der Waals surface area contributed by atoms with E-state index in [-0.39, 0.29) is 11.9 Å². The van der Waals surface area contributed by atoms with Gasteiger partial charge in [0.2, 0.25) is 0 Å². The summed E-state index contributed by atoms with van der Waals surface area (Å²) < 4.78 is 0.674. The number of carbonyl (C=O) groups excluding carboxylic acids is 2. The zero-order valence-corrected chi connectivity index (χ0v) is 11.8. The zero-order chi connectivity index (χ0) is 13.6. The topological polar surface area (TPSA) is 58.2 Å². The minimum absolute atomic E-state index is 0.194. The molecule has 0 aromatic heterocycles. The first-order valence-electron chi connectivity index (χ1n) is 6.86. The molecule has 0 spiro atoms. The molecule has 0 heterocycles. The van der Waals surface area contributed by atoms with Crippen LogP contribution in [0.3, 0.4) is 0 Å². The smallest absolute Gasteiger partial charge is 0.321 e. The average molecular weight is 256 g/mol. The van der Waals surface area contributed by atoms with Crippen molar-refractivity contribution in [1.29, 1.82) is 0 Å². The van der Waals surface area contributed by atoms with E-state index in [1.807, 2.05) is 6.92 Å². The Morgan fingerprint density at radius 3 is 2.39 bits per heavy atom. The summed E-state index contributed by atoms with van der Waals surface area (Å²) >= 11 is 0. The van der Waals surface area contributed by atoms with Gasteiger partial charge in [0.05, 0.1) is 20.1 Å². The fourth-order valence-corrected chi connectivity index (χ4v) is 2.55. The third-order valence-corrected chi connectivity index (χ3v) is 3.65. The second-order valence-electron chi connectivity index (χ2n) is 5.68. The van der Waals surface area contributed by atoms with Crippen molar-refractivity contribution in [1.82, 2.24) is 10.6 Å². The molecule has 0 saturated heterocycles. The maximum absolute atomic E-state index is 11.8. The van der Waals surface area contributed by atoms with Crippen molar-refractivity contribution in [3.63, 3.8) is 0 Å². The van der Waals surface area contributed by atoms with Crippen LogP contribution in [-0.2, 0) is 4.79 Å². The van der Waals surface area contributed by atoms with Crippen molar-refractivity contribution in [2.45, 2.75) is 45.1 Å². The van der Waals surface area contributed by atoms with Crippen molar-refractivity contribution in [3.05, 3.63) is 0 Å². The monoisotopic (exact) mass is 256 g/mol. The highest BCUT2D eigenvalue weighted by Gasteiger charge is 2.33. The molecule has 0 aromatic rings. The van der Waals surface area contributed by atoms with Crippen LogP contribution in [0.25, 0.3) is 0 Å². The zero-order valence-electron chi connectivity index (χ0n) is 11.8. The van der Waals surface area contributed by atoms with Crippen LogP contribution in [-0.4, -0.2) is 49.6 Å². The number of quaternary nitrogens is 1. The molecular weight excluding hydrogens is 230 g/mol. The summed E-state index contributed by atoms with van der Waals surface area (Å²) in [7, 11) is 4.14. The summed E-state index contributed by atoms with van der Waals surface area (Å²) in [4.78, 5) is 23.2. The molecule has 0 aliphatic heterocycles. The summed E-state index contributed by atoms with van der Waals surface area (Å²) in [5.41, 5.74) is 0. The lowest BCUT2D eigenvalue weighted by molar-refractivity contribution is -0.906. The highest BCUT2D eigenvalue weighted by molar-refractivity contribution is 5.94. The molecule has 1 aliphatic rings. The van der Waals surface area contributed by atoms with Crippen LogP contribution in [0.5, 0.6) is 0 Å². The van der Waals surface area contributed by atoms with Crippen LogP contribution in [0.4, 0.5) is 4.79 Å². The number of likely N-dealkylation sites (N-methyl/N-ethyl adjacent to an activating group) is 1. The van der Waals surface area contributed by atoms with Crippen LogP contribution >= 0.6 is 0 Å². The van der Waals surface area contributed by atoms with Crippen molar-refractivity contribution in [2.75, 3.05) is 27.2 Å². The Kier molecular flexibility index (Phi) is 5.59. The number of carbonyl (C=O) groups is 2. The van der Waals surface area contributed by atoms with E-state index in [9.17, 15) is 9.59 Å². The molecule has 0 atom stereocenters. The molecule has 1 saturated carbocycles. The minimum Gasteiger partial charge on any atom is -0.338 e. The second-order valence-corrected chi connectivity index (χ2v) is 5.68. The fourth-order valence-electron chi connectivity index (χ4n) is 2.55. The van der Waals surface area contributed by atoms with E-state index >= 15 is 0 Å². The highest BCUT2D eigenvalue weighted by Crippen LogP contribution is 2.26. The van der Waals surface area contributed by atoms with Crippen molar-refractivity contribution in [3.8, 4) is 0 Å². The SMILES string of the molecule is CCCNC(=O)NC(=O)C[N+](C)(C)C1CCCC1. The Bertz CT molecular complexity index is 297. The van der Waals surface area contributed by atoms with Gasteiger partial charge in [-0.25, -0.2) is 4.79 Å². The minimum atomic E-state index is -0.381. The summed E-state index contributed by atoms with van der Waals surface area (Å²) in [5, 5.41) is 5.03. The Labute approximate surface area is 110 Å².